The summed E-state index contributed by atoms with van der Waals surface area (Å²) in [6, 6.07) is 4.14. The number of nitrogens with one attached hydrogen (secondary N) is 3. The number of hydrogen-bond acceptors (Lipinski definition) is 13. The molecule has 11 atom stereocenters. The van der Waals surface area contributed by atoms with Gasteiger partial charge in [-0.15, -0.1) is 0 Å². The zero-order valence-electron chi connectivity index (χ0n) is 40.4. The van der Waals surface area contributed by atoms with Gasteiger partial charge >= 0.3 is 18.2 Å². The Bertz CT molecular complexity index is 2130. The molecule has 1 aromatic rings. The maximum absolute atomic E-state index is 14.6. The fourth-order valence-corrected chi connectivity index (χ4v) is 11.4. The molecule has 3 saturated carbocycles. The quantitative estimate of drug-likeness (QED) is 0.108. The number of fused-ring (bicyclic) bond motifs is 7. The van der Waals surface area contributed by atoms with Crippen molar-refractivity contribution in [3.63, 3.8) is 0 Å². The molecule has 19 heteroatoms. The fraction of sp³-hybridized carbons (Fsp3) is 0.653. The maximum Gasteiger partial charge on any atom is 0.409 e. The minimum Gasteiger partial charge on any atom is -0.445 e. The lowest BCUT2D eigenvalue weighted by molar-refractivity contribution is -0.200. The van der Waals surface area contributed by atoms with E-state index in [9.17, 15) is 38.7 Å². The third-order valence-electron chi connectivity index (χ3n) is 15.2. The molecule has 1 saturated heterocycles. The van der Waals surface area contributed by atoms with E-state index in [4.69, 9.17) is 30.4 Å². The summed E-state index contributed by atoms with van der Waals surface area (Å²) in [6.45, 7) is 9.43. The lowest BCUT2D eigenvalue weighted by atomic mass is 9.46. The molecule has 0 aromatic heterocycles. The molecule has 0 spiro atoms. The number of anilines is 1. The molecule has 8 N–H and O–H groups in total. The molecule has 19 nitrogen and oxygen atoms in total. The largest absolute Gasteiger partial charge is 0.445 e. The van der Waals surface area contributed by atoms with Crippen LogP contribution in [-0.2, 0) is 44.7 Å². The van der Waals surface area contributed by atoms with E-state index in [0.717, 1.165) is 24.8 Å². The average Bonchev–Trinajstić information content (AvgIpc) is 3.78. The minimum atomic E-state index is -1.44. The van der Waals surface area contributed by atoms with Gasteiger partial charge in [-0.3, -0.25) is 19.2 Å². The molecular weight excluding hydrogens is 879 g/mol. The van der Waals surface area contributed by atoms with E-state index in [1.165, 1.54) is 23.9 Å². The number of nitrogens with two attached hydrogens (primary N) is 2. The van der Waals surface area contributed by atoms with Crippen LogP contribution in [0.1, 0.15) is 91.5 Å². The number of carbonyl (C=O) groups excluding carboxylic acids is 7. The molecule has 6 rings (SSSR count). The number of carbonyl (C=O) groups is 7. The highest BCUT2D eigenvalue weighted by atomic mass is 16.7. The van der Waals surface area contributed by atoms with Crippen LogP contribution < -0.4 is 27.4 Å². The monoisotopic (exact) mass is 950 g/mol. The molecule has 1 aromatic carbocycles. The predicted molar refractivity (Wildman–Crippen MR) is 249 cm³/mol. The highest BCUT2D eigenvalue weighted by Gasteiger charge is 2.76. The van der Waals surface area contributed by atoms with Crippen LogP contribution in [0.4, 0.5) is 20.1 Å². The SMILES string of the molecule is CCCC1O[C@@H]2C[C@H]3[C@@H]4CCC5=CC(=O)C=C[C@]5(C)[C@H]4[C@@H](O)C[C@]3(C)[C@]2(C(=O)COC(=O)N(C)CCN(C)C(=O)OCc2ccc(NC(=O)[C@H](CCCNC(N)=O)NC(=O)C(N)C(C)C)cc2)O1. The Morgan fingerprint density at radius 2 is 1.68 bits per heavy atom. The Kier molecular flexibility index (Phi) is 16.5. The molecule has 374 valence electrons. The Morgan fingerprint density at radius 1 is 1.00 bits per heavy atom. The number of ether oxygens (including phenoxy) is 4. The van der Waals surface area contributed by atoms with E-state index >= 15 is 0 Å². The van der Waals surface area contributed by atoms with Crippen molar-refractivity contribution in [1.82, 2.24) is 20.4 Å². The van der Waals surface area contributed by atoms with Crippen molar-refractivity contribution < 1.29 is 57.6 Å². The molecule has 68 heavy (non-hydrogen) atoms. The summed E-state index contributed by atoms with van der Waals surface area (Å²) < 4.78 is 24.3. The predicted octanol–water partition coefficient (Wildman–Crippen LogP) is 3.92. The van der Waals surface area contributed by atoms with E-state index in [0.29, 0.717) is 30.5 Å². The van der Waals surface area contributed by atoms with E-state index < -0.39 is 89.4 Å². The van der Waals surface area contributed by atoms with Gasteiger partial charge in [-0.2, -0.15) is 0 Å². The Hall–Kier alpha value is -5.37. The zero-order chi connectivity index (χ0) is 49.7. The summed E-state index contributed by atoms with van der Waals surface area (Å²) in [6.07, 6.45) is 6.12. The van der Waals surface area contributed by atoms with E-state index in [-0.39, 0.29) is 68.5 Å². The topological polar surface area (TPSA) is 271 Å². The van der Waals surface area contributed by atoms with Gasteiger partial charge in [0.15, 0.2) is 24.3 Å². The van der Waals surface area contributed by atoms with Crippen molar-refractivity contribution in [3.8, 4) is 0 Å². The van der Waals surface area contributed by atoms with E-state index in [2.05, 4.69) is 22.9 Å². The van der Waals surface area contributed by atoms with Gasteiger partial charge in [0.1, 0.15) is 12.6 Å². The highest BCUT2D eigenvalue weighted by Crippen LogP contribution is 2.69. The standard InChI is InChI=1S/C49H71N7O12/c1-8-10-39-67-38-24-34-33-17-14-30-23-32(57)18-19-47(30,4)40(33)36(58)25-48(34,5)49(38,68-39)37(59)27-66-46(64)56(7)22-21-55(6)45(63)65-26-29-12-15-31(16-13-29)53-42(60)35(11-9-20-52-44(51)62)54-43(61)41(50)28(2)3/h12-13,15-16,18-19,23,28,33-36,38-41,58H,8-11,14,17,20-22,24-27,50H2,1-7H3,(H,53,60)(H,54,61)(H3,51,52,62)/t33-,34-,35-,36-,38+,39?,40+,41?,47-,48-,49+/m0/s1. The van der Waals surface area contributed by atoms with E-state index in [1.807, 2.05) is 19.9 Å². The van der Waals surface area contributed by atoms with Crippen LogP contribution in [0.3, 0.4) is 0 Å². The van der Waals surface area contributed by atoms with Gasteiger partial charge in [0, 0.05) is 56.2 Å². The third-order valence-corrected chi connectivity index (χ3v) is 15.2. The zero-order valence-corrected chi connectivity index (χ0v) is 40.4. The van der Waals surface area contributed by atoms with Gasteiger partial charge in [-0.1, -0.05) is 64.8 Å². The smallest absolute Gasteiger partial charge is 0.409 e. The number of nitrogens with zero attached hydrogens (tertiary/aromatic N) is 2. The number of ketones is 2. The number of likely N-dealkylation sites (N-methyl/N-ethyl adjacent to an activating group) is 2. The van der Waals surface area contributed by atoms with Crippen molar-refractivity contribution in [2.24, 2.45) is 46.0 Å². The van der Waals surface area contributed by atoms with Crippen molar-refractivity contribution in [1.29, 1.82) is 0 Å². The number of Topliss-reactive ketones (excluding diaryl/α,β-unsaturated/α-hetero) is 1. The molecule has 5 aliphatic rings. The van der Waals surface area contributed by atoms with Crippen LogP contribution in [-0.4, -0.2) is 133 Å². The lowest BCUT2D eigenvalue weighted by Gasteiger charge is -2.59. The first-order valence-corrected chi connectivity index (χ1v) is 23.9. The second kappa shape index (κ2) is 21.5. The Balaban J connectivity index is 0.989. The summed E-state index contributed by atoms with van der Waals surface area (Å²) in [5.41, 5.74) is 10.5. The molecule has 4 aliphatic carbocycles. The van der Waals surface area contributed by atoms with Gasteiger partial charge < -0.3 is 61.3 Å². The summed E-state index contributed by atoms with van der Waals surface area (Å²) in [5, 5.41) is 19.9. The Labute approximate surface area is 398 Å². The number of rotatable bonds is 19. The van der Waals surface area contributed by atoms with Crippen molar-refractivity contribution in [3.05, 3.63) is 53.6 Å². The van der Waals surface area contributed by atoms with Crippen LogP contribution in [0.25, 0.3) is 0 Å². The first kappa shape index (κ1) is 52.0. The normalized spacial score (nSPS) is 29.8. The van der Waals surface area contributed by atoms with Crippen LogP contribution in [0.15, 0.2) is 48.1 Å². The summed E-state index contributed by atoms with van der Waals surface area (Å²) in [7, 11) is 3.02. The molecular formula is C49H71N7O12. The first-order chi connectivity index (χ1) is 32.1. The van der Waals surface area contributed by atoms with Crippen LogP contribution in [0, 0.1) is 34.5 Å². The number of allylic oxidation sites excluding steroid dienone is 4. The maximum atomic E-state index is 14.6. The molecule has 1 aliphatic heterocycles. The molecule has 1 heterocycles. The molecule has 6 amide bonds. The molecule has 2 unspecified atom stereocenters. The summed E-state index contributed by atoms with van der Waals surface area (Å²) >= 11 is 0. The average molecular weight is 950 g/mol. The van der Waals surface area contributed by atoms with Gasteiger partial charge in [0.25, 0.3) is 0 Å². The number of primary amides is 1. The number of aliphatic hydroxyl groups excluding tert-OH is 1. The lowest BCUT2D eigenvalue weighted by Crippen LogP contribution is -2.63. The van der Waals surface area contributed by atoms with Crippen LogP contribution in [0.2, 0.25) is 0 Å². The minimum absolute atomic E-state index is 0.0244. The van der Waals surface area contributed by atoms with Gasteiger partial charge in [0.05, 0.1) is 18.2 Å². The number of amides is 6. The third kappa shape index (κ3) is 10.7. The van der Waals surface area contributed by atoms with Crippen molar-refractivity contribution in [2.45, 2.75) is 129 Å². The highest BCUT2D eigenvalue weighted by molar-refractivity contribution is 6.01. The number of benzene rings is 1. The molecule has 0 radical (unpaired) electrons. The van der Waals surface area contributed by atoms with Crippen LogP contribution >= 0.6 is 0 Å². The molecule has 4 fully saturated rings. The fourth-order valence-electron chi connectivity index (χ4n) is 11.4. The summed E-state index contributed by atoms with van der Waals surface area (Å²) in [4.78, 5) is 92.7. The van der Waals surface area contributed by atoms with Gasteiger partial charge in [-0.25, -0.2) is 14.4 Å². The van der Waals surface area contributed by atoms with Crippen molar-refractivity contribution >= 4 is 47.3 Å². The second-order valence-corrected chi connectivity index (χ2v) is 20.0. The van der Waals surface area contributed by atoms with Crippen LogP contribution in [0.5, 0.6) is 0 Å². The number of urea groups is 1. The van der Waals surface area contributed by atoms with Gasteiger partial charge in [-0.05, 0) is 92.5 Å². The van der Waals surface area contributed by atoms with Gasteiger partial charge in [0.2, 0.25) is 17.6 Å². The summed E-state index contributed by atoms with van der Waals surface area (Å²) in [5.74, 6) is -1.69. The number of aliphatic hydroxyl groups is 1. The molecule has 0 bridgehead atoms. The Morgan fingerprint density at radius 3 is 2.32 bits per heavy atom. The van der Waals surface area contributed by atoms with Crippen molar-refractivity contribution in [2.75, 3.05) is 45.7 Å². The number of hydrogen-bond donors (Lipinski definition) is 6. The second-order valence-electron chi connectivity index (χ2n) is 20.0. The van der Waals surface area contributed by atoms with E-state index in [1.54, 1.807) is 50.3 Å². The first-order valence-electron chi connectivity index (χ1n) is 23.9.